The summed E-state index contributed by atoms with van der Waals surface area (Å²) < 4.78 is 10.6. The van der Waals surface area contributed by atoms with Crippen LogP contribution in [0, 0.1) is 11.3 Å². The number of rotatable bonds is 6. The van der Waals surface area contributed by atoms with Crippen LogP contribution >= 0.6 is 11.6 Å². The summed E-state index contributed by atoms with van der Waals surface area (Å²) >= 11 is 6.12. The standard InChI is InChI=1S/C14H17ClN2O3/c1-4-20-13-11(15)8-10(9-12(13)19-3)14(18)17(2)7-5-6-16/h8-9H,4-5,7H2,1-3H3. The molecule has 0 saturated carbocycles. The number of amides is 1. The Hall–Kier alpha value is -1.93. The fourth-order valence-electron chi connectivity index (χ4n) is 1.67. The van der Waals surface area contributed by atoms with E-state index < -0.39 is 0 Å². The minimum atomic E-state index is -0.219. The average molecular weight is 297 g/mol. The van der Waals surface area contributed by atoms with Gasteiger partial charge in [-0.1, -0.05) is 11.6 Å². The van der Waals surface area contributed by atoms with E-state index in [4.69, 9.17) is 26.3 Å². The second kappa shape index (κ2) is 7.61. The molecule has 5 nitrogen and oxygen atoms in total. The highest BCUT2D eigenvalue weighted by atomic mass is 35.5. The molecule has 20 heavy (non-hydrogen) atoms. The molecule has 0 aliphatic heterocycles. The van der Waals surface area contributed by atoms with E-state index in [9.17, 15) is 4.79 Å². The number of ether oxygens (including phenoxy) is 2. The van der Waals surface area contributed by atoms with Crippen molar-refractivity contribution in [3.05, 3.63) is 22.7 Å². The number of nitrogens with zero attached hydrogens (tertiary/aromatic N) is 2. The molecule has 1 amide bonds. The zero-order valence-electron chi connectivity index (χ0n) is 11.8. The van der Waals surface area contributed by atoms with Gasteiger partial charge in [0, 0.05) is 19.2 Å². The maximum Gasteiger partial charge on any atom is 0.253 e. The van der Waals surface area contributed by atoms with Crippen molar-refractivity contribution < 1.29 is 14.3 Å². The summed E-state index contributed by atoms with van der Waals surface area (Å²) in [5.74, 6) is 0.618. The third kappa shape index (κ3) is 3.78. The number of methoxy groups -OCH3 is 1. The van der Waals surface area contributed by atoms with Gasteiger partial charge in [-0.25, -0.2) is 0 Å². The Balaban J connectivity index is 3.05. The molecule has 0 aromatic heterocycles. The lowest BCUT2D eigenvalue weighted by Crippen LogP contribution is -2.27. The van der Waals surface area contributed by atoms with Gasteiger partial charge in [0.1, 0.15) is 0 Å². The molecule has 0 spiro atoms. The lowest BCUT2D eigenvalue weighted by molar-refractivity contribution is 0.0797. The highest BCUT2D eigenvalue weighted by Gasteiger charge is 2.18. The van der Waals surface area contributed by atoms with Gasteiger partial charge in [0.2, 0.25) is 0 Å². The first-order valence-corrected chi connectivity index (χ1v) is 6.55. The molecule has 1 aromatic rings. The summed E-state index contributed by atoms with van der Waals surface area (Å²) in [6.45, 7) is 2.65. The summed E-state index contributed by atoms with van der Waals surface area (Å²) in [6, 6.07) is 5.13. The zero-order chi connectivity index (χ0) is 15.1. The van der Waals surface area contributed by atoms with Crippen molar-refractivity contribution in [2.75, 3.05) is 27.3 Å². The van der Waals surface area contributed by atoms with Crippen molar-refractivity contribution in [2.45, 2.75) is 13.3 Å². The predicted octanol–water partition coefficient (Wildman–Crippen LogP) is 2.73. The maximum absolute atomic E-state index is 12.2. The van der Waals surface area contributed by atoms with Crippen LogP contribution in [0.5, 0.6) is 11.5 Å². The lowest BCUT2D eigenvalue weighted by Gasteiger charge is -2.17. The Morgan fingerprint density at radius 2 is 2.20 bits per heavy atom. The maximum atomic E-state index is 12.2. The Labute approximate surface area is 123 Å². The van der Waals surface area contributed by atoms with E-state index >= 15 is 0 Å². The highest BCUT2D eigenvalue weighted by molar-refractivity contribution is 6.32. The van der Waals surface area contributed by atoms with Crippen LogP contribution in [-0.4, -0.2) is 38.1 Å². The number of halogens is 1. The molecule has 0 N–H and O–H groups in total. The van der Waals surface area contributed by atoms with Gasteiger partial charge in [0.15, 0.2) is 11.5 Å². The van der Waals surface area contributed by atoms with Crippen molar-refractivity contribution >= 4 is 17.5 Å². The van der Waals surface area contributed by atoms with E-state index in [1.807, 2.05) is 13.0 Å². The number of nitriles is 1. The number of hydrogen-bond donors (Lipinski definition) is 0. The molecule has 1 aromatic carbocycles. The van der Waals surface area contributed by atoms with E-state index in [0.29, 0.717) is 35.2 Å². The van der Waals surface area contributed by atoms with Crippen LogP contribution in [0.15, 0.2) is 12.1 Å². The molecule has 0 aliphatic carbocycles. The summed E-state index contributed by atoms with van der Waals surface area (Å²) in [5, 5.41) is 8.87. The van der Waals surface area contributed by atoms with Crippen molar-refractivity contribution in [3.63, 3.8) is 0 Å². The van der Waals surface area contributed by atoms with Crippen molar-refractivity contribution in [1.29, 1.82) is 5.26 Å². The third-order valence-corrected chi connectivity index (χ3v) is 2.95. The topological polar surface area (TPSA) is 62.6 Å². The monoisotopic (exact) mass is 296 g/mol. The normalized spacial score (nSPS) is 9.75. The Morgan fingerprint density at radius 1 is 1.50 bits per heavy atom. The zero-order valence-corrected chi connectivity index (χ0v) is 12.5. The molecule has 1 rings (SSSR count). The van der Waals surface area contributed by atoms with Crippen molar-refractivity contribution in [2.24, 2.45) is 0 Å². The fourth-order valence-corrected chi connectivity index (χ4v) is 1.93. The highest BCUT2D eigenvalue weighted by Crippen LogP contribution is 2.36. The molecule has 0 unspecified atom stereocenters. The molecular weight excluding hydrogens is 280 g/mol. The van der Waals surface area contributed by atoms with Gasteiger partial charge >= 0.3 is 0 Å². The van der Waals surface area contributed by atoms with Gasteiger partial charge in [0.05, 0.1) is 31.2 Å². The van der Waals surface area contributed by atoms with Gasteiger partial charge in [-0.15, -0.1) is 0 Å². The van der Waals surface area contributed by atoms with Crippen LogP contribution in [0.3, 0.4) is 0 Å². The van der Waals surface area contributed by atoms with E-state index in [0.717, 1.165) is 0 Å². The SMILES string of the molecule is CCOc1c(Cl)cc(C(=O)N(C)CCC#N)cc1OC. The van der Waals surface area contributed by atoms with Gasteiger partial charge < -0.3 is 14.4 Å². The molecule has 0 heterocycles. The molecule has 0 saturated heterocycles. The van der Waals surface area contributed by atoms with Crippen molar-refractivity contribution in [3.8, 4) is 17.6 Å². The first-order chi connectivity index (χ1) is 9.54. The van der Waals surface area contributed by atoms with Gasteiger partial charge in [-0.05, 0) is 19.1 Å². The first kappa shape index (κ1) is 16.1. The first-order valence-electron chi connectivity index (χ1n) is 6.17. The van der Waals surface area contributed by atoms with Gasteiger partial charge in [0.25, 0.3) is 5.91 Å². The fraction of sp³-hybridized carbons (Fsp3) is 0.429. The molecular formula is C14H17ClN2O3. The third-order valence-electron chi connectivity index (χ3n) is 2.67. The molecule has 0 fully saturated rings. The number of carbonyl (C=O) groups excluding carboxylic acids is 1. The van der Waals surface area contributed by atoms with Gasteiger partial charge in [-0.2, -0.15) is 5.26 Å². The summed E-state index contributed by atoms with van der Waals surface area (Å²) in [4.78, 5) is 13.7. The van der Waals surface area contributed by atoms with E-state index in [1.54, 1.807) is 19.2 Å². The van der Waals surface area contributed by atoms with E-state index in [2.05, 4.69) is 0 Å². The lowest BCUT2D eigenvalue weighted by atomic mass is 10.1. The second-order valence-corrected chi connectivity index (χ2v) is 4.46. The Bertz CT molecular complexity index is 526. The Kier molecular flexibility index (Phi) is 6.13. The van der Waals surface area contributed by atoms with Gasteiger partial charge in [-0.3, -0.25) is 4.79 Å². The second-order valence-electron chi connectivity index (χ2n) is 4.06. The average Bonchev–Trinajstić information content (AvgIpc) is 2.45. The van der Waals surface area contributed by atoms with Crippen LogP contribution in [0.2, 0.25) is 5.02 Å². The molecule has 0 radical (unpaired) electrons. The largest absolute Gasteiger partial charge is 0.493 e. The molecule has 0 bridgehead atoms. The minimum Gasteiger partial charge on any atom is -0.493 e. The number of hydrogen-bond acceptors (Lipinski definition) is 4. The summed E-state index contributed by atoms with van der Waals surface area (Å²) in [5.41, 5.74) is 0.399. The van der Waals surface area contributed by atoms with Crippen LogP contribution in [0.1, 0.15) is 23.7 Å². The summed E-state index contributed by atoms with van der Waals surface area (Å²) in [6.07, 6.45) is 0.282. The number of benzene rings is 1. The Morgan fingerprint density at radius 3 is 2.75 bits per heavy atom. The van der Waals surface area contributed by atoms with E-state index in [1.165, 1.54) is 12.0 Å². The van der Waals surface area contributed by atoms with Crippen LogP contribution in [0.25, 0.3) is 0 Å². The predicted molar refractivity (Wildman–Crippen MR) is 76.4 cm³/mol. The molecule has 6 heteroatoms. The molecule has 108 valence electrons. The summed E-state index contributed by atoms with van der Waals surface area (Å²) in [7, 11) is 3.12. The van der Waals surface area contributed by atoms with Crippen LogP contribution in [-0.2, 0) is 0 Å². The van der Waals surface area contributed by atoms with E-state index in [-0.39, 0.29) is 12.3 Å². The minimum absolute atomic E-state index is 0.219. The van der Waals surface area contributed by atoms with Crippen LogP contribution < -0.4 is 9.47 Å². The smallest absolute Gasteiger partial charge is 0.253 e. The molecule has 0 aliphatic rings. The van der Waals surface area contributed by atoms with Crippen molar-refractivity contribution in [1.82, 2.24) is 4.90 Å². The number of carbonyl (C=O) groups is 1. The molecule has 0 atom stereocenters. The quantitative estimate of drug-likeness (QED) is 0.810. The van der Waals surface area contributed by atoms with Crippen LogP contribution in [0.4, 0.5) is 0 Å².